The molecule has 2 saturated heterocycles. The van der Waals surface area contributed by atoms with Crippen molar-refractivity contribution in [3.05, 3.63) is 23.8 Å². The average molecular weight is 267 g/mol. The fourth-order valence-electron chi connectivity index (χ4n) is 2.94. The molecule has 0 radical (unpaired) electrons. The Morgan fingerprint density at radius 3 is 2.84 bits per heavy atom. The van der Waals surface area contributed by atoms with Crippen molar-refractivity contribution in [3.8, 4) is 0 Å². The number of carbonyl (C=O) groups excluding carboxylic acids is 1. The second-order valence-corrected chi connectivity index (χ2v) is 5.02. The molecule has 3 rings (SSSR count). The number of piperazine rings is 1. The molecule has 1 unspecified atom stereocenters. The van der Waals surface area contributed by atoms with Crippen molar-refractivity contribution < 1.29 is 13.6 Å². The van der Waals surface area contributed by atoms with E-state index in [0.29, 0.717) is 26.1 Å². The minimum atomic E-state index is -0.905. The number of benzene rings is 1. The Morgan fingerprint density at radius 2 is 2.05 bits per heavy atom. The van der Waals surface area contributed by atoms with Gasteiger partial charge in [-0.3, -0.25) is 4.79 Å². The summed E-state index contributed by atoms with van der Waals surface area (Å²) < 4.78 is 27.2. The van der Waals surface area contributed by atoms with Crippen molar-refractivity contribution >= 4 is 17.3 Å². The van der Waals surface area contributed by atoms with Gasteiger partial charge in [-0.05, 0) is 18.6 Å². The molecule has 0 aromatic heterocycles. The molecule has 2 aliphatic rings. The second kappa shape index (κ2) is 4.36. The molecular formula is C13H15F2N3O. The van der Waals surface area contributed by atoms with Gasteiger partial charge in [-0.15, -0.1) is 0 Å². The zero-order valence-corrected chi connectivity index (χ0v) is 10.4. The standard InChI is InChI=1S/C13H15F2N3O/c14-9-2-3-10(16)13(12(9)15)17-5-6-18-8(7-17)1-4-11(18)19/h2-3,8H,1,4-7,16H2. The van der Waals surface area contributed by atoms with E-state index in [1.165, 1.54) is 6.07 Å². The molecule has 0 bridgehead atoms. The monoisotopic (exact) mass is 267 g/mol. The highest BCUT2D eigenvalue weighted by molar-refractivity contribution is 5.79. The fraction of sp³-hybridized carbons (Fsp3) is 0.462. The third-order valence-electron chi connectivity index (χ3n) is 3.91. The summed E-state index contributed by atoms with van der Waals surface area (Å²) in [6.07, 6.45) is 1.31. The van der Waals surface area contributed by atoms with Crippen LogP contribution in [0.1, 0.15) is 12.8 Å². The van der Waals surface area contributed by atoms with E-state index in [9.17, 15) is 13.6 Å². The number of carbonyl (C=O) groups is 1. The summed E-state index contributed by atoms with van der Waals surface area (Å²) in [5.41, 5.74) is 6.11. The van der Waals surface area contributed by atoms with Gasteiger partial charge in [0, 0.05) is 32.1 Å². The van der Waals surface area contributed by atoms with Gasteiger partial charge in [0.05, 0.1) is 11.4 Å². The highest BCUT2D eigenvalue weighted by Gasteiger charge is 2.36. The van der Waals surface area contributed by atoms with Crippen LogP contribution in [0.5, 0.6) is 0 Å². The first-order valence-electron chi connectivity index (χ1n) is 6.36. The van der Waals surface area contributed by atoms with Gasteiger partial charge < -0.3 is 15.5 Å². The van der Waals surface area contributed by atoms with Gasteiger partial charge in [0.25, 0.3) is 0 Å². The Hall–Kier alpha value is -1.85. The summed E-state index contributed by atoms with van der Waals surface area (Å²) in [7, 11) is 0. The van der Waals surface area contributed by atoms with Crippen molar-refractivity contribution in [1.82, 2.24) is 4.90 Å². The molecule has 1 aromatic carbocycles. The van der Waals surface area contributed by atoms with E-state index in [1.54, 1.807) is 4.90 Å². The number of amides is 1. The maximum Gasteiger partial charge on any atom is 0.223 e. The van der Waals surface area contributed by atoms with Gasteiger partial charge in [-0.2, -0.15) is 0 Å². The molecule has 102 valence electrons. The number of halogens is 2. The third-order valence-corrected chi connectivity index (χ3v) is 3.91. The van der Waals surface area contributed by atoms with Gasteiger partial charge >= 0.3 is 0 Å². The molecular weight excluding hydrogens is 252 g/mol. The van der Waals surface area contributed by atoms with Crippen molar-refractivity contribution in [2.24, 2.45) is 0 Å². The van der Waals surface area contributed by atoms with Crippen molar-refractivity contribution in [2.45, 2.75) is 18.9 Å². The summed E-state index contributed by atoms with van der Waals surface area (Å²) in [6, 6.07) is 2.49. The van der Waals surface area contributed by atoms with E-state index >= 15 is 0 Å². The Labute approximate surface area is 109 Å². The summed E-state index contributed by atoms with van der Waals surface area (Å²) >= 11 is 0. The normalized spacial score (nSPS) is 22.8. The highest BCUT2D eigenvalue weighted by Crippen LogP contribution is 2.32. The van der Waals surface area contributed by atoms with Crippen LogP contribution < -0.4 is 10.6 Å². The van der Waals surface area contributed by atoms with Crippen LogP contribution >= 0.6 is 0 Å². The van der Waals surface area contributed by atoms with Crippen molar-refractivity contribution in [1.29, 1.82) is 0 Å². The molecule has 2 heterocycles. The minimum absolute atomic E-state index is 0.0864. The first-order chi connectivity index (χ1) is 9.08. The summed E-state index contributed by atoms with van der Waals surface area (Å²) in [5, 5.41) is 0. The Kier molecular flexibility index (Phi) is 2.80. The molecule has 6 heteroatoms. The van der Waals surface area contributed by atoms with Crippen LogP contribution in [-0.4, -0.2) is 36.5 Å². The zero-order chi connectivity index (χ0) is 13.6. The predicted molar refractivity (Wildman–Crippen MR) is 67.7 cm³/mol. The van der Waals surface area contributed by atoms with E-state index < -0.39 is 11.6 Å². The van der Waals surface area contributed by atoms with Gasteiger partial charge in [-0.25, -0.2) is 8.78 Å². The molecule has 1 amide bonds. The average Bonchev–Trinajstić information content (AvgIpc) is 2.76. The van der Waals surface area contributed by atoms with Crippen molar-refractivity contribution in [3.63, 3.8) is 0 Å². The van der Waals surface area contributed by atoms with Crippen LogP contribution in [0, 0.1) is 11.6 Å². The smallest absolute Gasteiger partial charge is 0.223 e. The first-order valence-corrected chi connectivity index (χ1v) is 6.36. The lowest BCUT2D eigenvalue weighted by atomic mass is 10.1. The maximum atomic E-state index is 13.9. The van der Waals surface area contributed by atoms with Crippen LogP contribution in [0.2, 0.25) is 0 Å². The summed E-state index contributed by atoms with van der Waals surface area (Å²) in [5.74, 6) is -1.65. The molecule has 2 N–H and O–H groups in total. The lowest BCUT2D eigenvalue weighted by Gasteiger charge is -2.39. The van der Waals surface area contributed by atoms with Gasteiger partial charge in [0.2, 0.25) is 5.91 Å². The molecule has 2 aliphatic heterocycles. The number of nitrogen functional groups attached to an aromatic ring is 1. The van der Waals surface area contributed by atoms with Crippen LogP contribution in [0.15, 0.2) is 12.1 Å². The van der Waals surface area contributed by atoms with Crippen LogP contribution in [0.4, 0.5) is 20.2 Å². The van der Waals surface area contributed by atoms with Crippen LogP contribution in [0.3, 0.4) is 0 Å². The minimum Gasteiger partial charge on any atom is -0.397 e. The lowest BCUT2D eigenvalue weighted by Crippen LogP contribution is -2.51. The van der Waals surface area contributed by atoms with E-state index in [2.05, 4.69) is 0 Å². The topological polar surface area (TPSA) is 49.6 Å². The number of hydrogen-bond acceptors (Lipinski definition) is 3. The molecule has 0 aliphatic carbocycles. The van der Waals surface area contributed by atoms with Gasteiger partial charge in [0.1, 0.15) is 0 Å². The Morgan fingerprint density at radius 1 is 1.26 bits per heavy atom. The summed E-state index contributed by atoms with van der Waals surface area (Å²) in [4.78, 5) is 15.2. The first kappa shape index (κ1) is 12.2. The number of nitrogens with zero attached hydrogens (tertiary/aromatic N) is 2. The molecule has 1 aromatic rings. The zero-order valence-electron chi connectivity index (χ0n) is 10.4. The molecule has 0 spiro atoms. The second-order valence-electron chi connectivity index (χ2n) is 5.02. The largest absolute Gasteiger partial charge is 0.397 e. The molecule has 4 nitrogen and oxygen atoms in total. The third kappa shape index (κ3) is 1.91. The maximum absolute atomic E-state index is 13.9. The summed E-state index contributed by atoms with van der Waals surface area (Å²) in [6.45, 7) is 1.53. The number of hydrogen-bond donors (Lipinski definition) is 1. The van der Waals surface area contributed by atoms with E-state index in [0.717, 1.165) is 12.5 Å². The Balaban J connectivity index is 1.89. The molecule has 1 atom stereocenters. The van der Waals surface area contributed by atoms with Gasteiger partial charge in [-0.1, -0.05) is 0 Å². The number of rotatable bonds is 1. The lowest BCUT2D eigenvalue weighted by molar-refractivity contribution is -0.129. The predicted octanol–water partition coefficient (Wildman–Crippen LogP) is 1.36. The molecule has 0 saturated carbocycles. The quantitative estimate of drug-likeness (QED) is 0.782. The number of nitrogens with two attached hydrogens (primary N) is 1. The van der Waals surface area contributed by atoms with E-state index in [4.69, 9.17) is 5.73 Å². The molecule has 19 heavy (non-hydrogen) atoms. The Bertz CT molecular complexity index is 535. The van der Waals surface area contributed by atoms with Crippen molar-refractivity contribution in [2.75, 3.05) is 30.3 Å². The van der Waals surface area contributed by atoms with Gasteiger partial charge in [0.15, 0.2) is 11.6 Å². The SMILES string of the molecule is Nc1ccc(F)c(F)c1N1CCN2C(=O)CCC2C1. The number of anilines is 2. The van der Waals surface area contributed by atoms with Crippen LogP contribution in [0.25, 0.3) is 0 Å². The highest BCUT2D eigenvalue weighted by atomic mass is 19.2. The van der Waals surface area contributed by atoms with Crippen LogP contribution in [-0.2, 0) is 4.79 Å². The molecule has 2 fully saturated rings. The number of fused-ring (bicyclic) bond motifs is 1. The van der Waals surface area contributed by atoms with E-state index in [1.807, 2.05) is 4.90 Å². The fourth-order valence-corrected chi connectivity index (χ4v) is 2.94. The van der Waals surface area contributed by atoms with E-state index in [-0.39, 0.29) is 23.3 Å².